The second-order valence-corrected chi connectivity index (χ2v) is 7.40. The van der Waals surface area contributed by atoms with Crippen molar-refractivity contribution >= 4 is 17.4 Å². The number of ketones is 1. The Morgan fingerprint density at radius 1 is 0.935 bits per heavy atom. The van der Waals surface area contributed by atoms with Gasteiger partial charge in [-0.25, -0.2) is 4.98 Å². The van der Waals surface area contributed by atoms with Gasteiger partial charge in [0.2, 0.25) is 11.9 Å². The highest BCUT2D eigenvalue weighted by Crippen LogP contribution is 2.25. The van der Waals surface area contributed by atoms with Gasteiger partial charge >= 0.3 is 0 Å². The van der Waals surface area contributed by atoms with Crippen molar-refractivity contribution in [3.8, 4) is 11.1 Å². The molecule has 1 amide bonds. The van der Waals surface area contributed by atoms with Gasteiger partial charge in [-0.2, -0.15) is 4.39 Å². The Kier molecular flexibility index (Phi) is 7.65. The molecule has 1 aromatic heterocycles. The number of benzene rings is 2. The summed E-state index contributed by atoms with van der Waals surface area (Å²) in [6.45, 7) is 4.63. The number of aromatic nitrogens is 1. The maximum absolute atomic E-state index is 13.6. The van der Waals surface area contributed by atoms with E-state index in [0.717, 1.165) is 23.2 Å². The van der Waals surface area contributed by atoms with Crippen molar-refractivity contribution in [1.29, 1.82) is 0 Å². The van der Waals surface area contributed by atoms with E-state index in [9.17, 15) is 14.0 Å². The lowest BCUT2D eigenvalue weighted by Crippen LogP contribution is -2.30. The number of carbonyl (C=O) groups excluding carboxylic acids is 2. The van der Waals surface area contributed by atoms with E-state index in [0.29, 0.717) is 30.5 Å². The van der Waals surface area contributed by atoms with E-state index in [2.05, 4.69) is 11.9 Å². The molecule has 0 spiro atoms. The number of aryl methyl sites for hydroxylation is 1. The highest BCUT2D eigenvalue weighted by atomic mass is 19.1. The third-order valence-electron chi connectivity index (χ3n) is 5.23. The predicted octanol–water partition coefficient (Wildman–Crippen LogP) is 5.86. The van der Waals surface area contributed by atoms with Gasteiger partial charge in [-0.05, 0) is 42.2 Å². The van der Waals surface area contributed by atoms with Crippen LogP contribution in [0.25, 0.3) is 11.1 Å². The summed E-state index contributed by atoms with van der Waals surface area (Å²) < 4.78 is 13.6. The minimum absolute atomic E-state index is 0.0292. The third-order valence-corrected chi connectivity index (χ3v) is 5.23. The van der Waals surface area contributed by atoms with Crippen LogP contribution in [0, 0.1) is 5.95 Å². The van der Waals surface area contributed by atoms with Crippen molar-refractivity contribution < 1.29 is 14.0 Å². The summed E-state index contributed by atoms with van der Waals surface area (Å²) in [7, 11) is 0. The van der Waals surface area contributed by atoms with Crippen molar-refractivity contribution in [1.82, 2.24) is 4.98 Å². The Balaban J connectivity index is 1.67. The monoisotopic (exact) mass is 418 g/mol. The molecule has 0 aliphatic carbocycles. The van der Waals surface area contributed by atoms with Crippen molar-refractivity contribution in [3.05, 3.63) is 83.9 Å². The molecule has 0 aliphatic rings. The SMILES string of the molecule is CCCN(C(=O)CC)c1ccc(-c2ccc(C(=O)CCc3cccnc3F)cc2)cc1. The second-order valence-electron chi connectivity index (χ2n) is 7.40. The Morgan fingerprint density at radius 3 is 2.16 bits per heavy atom. The van der Waals surface area contributed by atoms with Gasteiger partial charge in [0.15, 0.2) is 5.78 Å². The van der Waals surface area contributed by atoms with E-state index in [1.54, 1.807) is 24.3 Å². The zero-order valence-corrected chi connectivity index (χ0v) is 18.0. The molecular weight excluding hydrogens is 391 g/mol. The summed E-state index contributed by atoms with van der Waals surface area (Å²) in [6.07, 6.45) is 3.33. The Bertz CT molecular complexity index is 1030. The number of rotatable bonds is 9. The molecule has 0 N–H and O–H groups in total. The smallest absolute Gasteiger partial charge is 0.226 e. The Morgan fingerprint density at radius 2 is 1.58 bits per heavy atom. The fraction of sp³-hybridized carbons (Fsp3) is 0.269. The van der Waals surface area contributed by atoms with Crippen LogP contribution in [0.5, 0.6) is 0 Å². The number of anilines is 1. The van der Waals surface area contributed by atoms with Crippen LogP contribution in [0.1, 0.15) is 49.0 Å². The summed E-state index contributed by atoms with van der Waals surface area (Å²) in [5.41, 5.74) is 3.95. The van der Waals surface area contributed by atoms with Crippen LogP contribution >= 0.6 is 0 Å². The normalized spacial score (nSPS) is 10.7. The number of Topliss-reactive ketones (excluding diaryl/α,β-unsaturated/α-hetero) is 1. The van der Waals surface area contributed by atoms with E-state index in [-0.39, 0.29) is 18.1 Å². The van der Waals surface area contributed by atoms with E-state index in [1.165, 1.54) is 6.20 Å². The maximum atomic E-state index is 13.6. The van der Waals surface area contributed by atoms with E-state index in [1.807, 2.05) is 48.2 Å². The summed E-state index contributed by atoms with van der Waals surface area (Å²) in [4.78, 5) is 30.1. The summed E-state index contributed by atoms with van der Waals surface area (Å²) >= 11 is 0. The van der Waals surface area contributed by atoms with Crippen LogP contribution in [0.2, 0.25) is 0 Å². The molecule has 3 rings (SSSR count). The second kappa shape index (κ2) is 10.6. The first kappa shape index (κ1) is 22.3. The first-order chi connectivity index (χ1) is 15.0. The summed E-state index contributed by atoms with van der Waals surface area (Å²) in [5.74, 6) is -0.436. The lowest BCUT2D eigenvalue weighted by atomic mass is 9.99. The fourth-order valence-electron chi connectivity index (χ4n) is 3.49. The molecule has 0 aliphatic heterocycles. The third kappa shape index (κ3) is 5.63. The van der Waals surface area contributed by atoms with Crippen LogP contribution in [-0.4, -0.2) is 23.2 Å². The molecule has 1 heterocycles. The average Bonchev–Trinajstić information content (AvgIpc) is 2.81. The molecule has 5 heteroatoms. The van der Waals surface area contributed by atoms with Gasteiger partial charge in [0.1, 0.15) is 0 Å². The van der Waals surface area contributed by atoms with Crippen molar-refractivity contribution in [2.75, 3.05) is 11.4 Å². The molecule has 0 atom stereocenters. The number of amides is 1. The predicted molar refractivity (Wildman–Crippen MR) is 122 cm³/mol. The zero-order valence-electron chi connectivity index (χ0n) is 18.0. The first-order valence-corrected chi connectivity index (χ1v) is 10.7. The van der Waals surface area contributed by atoms with E-state index in [4.69, 9.17) is 0 Å². The number of nitrogens with zero attached hydrogens (tertiary/aromatic N) is 2. The quantitative estimate of drug-likeness (QED) is 0.323. The molecule has 0 saturated heterocycles. The molecule has 160 valence electrons. The molecule has 2 aromatic carbocycles. The van der Waals surface area contributed by atoms with Gasteiger partial charge < -0.3 is 4.90 Å². The molecule has 4 nitrogen and oxygen atoms in total. The molecule has 0 fully saturated rings. The van der Waals surface area contributed by atoms with Crippen LogP contribution in [0.3, 0.4) is 0 Å². The van der Waals surface area contributed by atoms with Crippen LogP contribution < -0.4 is 4.90 Å². The number of pyridine rings is 1. The van der Waals surface area contributed by atoms with Crippen LogP contribution in [-0.2, 0) is 11.2 Å². The van der Waals surface area contributed by atoms with Gasteiger partial charge in [0, 0.05) is 42.4 Å². The van der Waals surface area contributed by atoms with Crippen molar-refractivity contribution in [3.63, 3.8) is 0 Å². The van der Waals surface area contributed by atoms with Crippen LogP contribution in [0.4, 0.5) is 10.1 Å². The van der Waals surface area contributed by atoms with Gasteiger partial charge in [-0.3, -0.25) is 9.59 Å². The molecule has 0 unspecified atom stereocenters. The van der Waals surface area contributed by atoms with Gasteiger partial charge in [-0.15, -0.1) is 0 Å². The Hall–Kier alpha value is -3.34. The number of hydrogen-bond acceptors (Lipinski definition) is 3. The molecule has 0 saturated carbocycles. The molecule has 0 radical (unpaired) electrons. The standard InChI is InChI=1S/C26H27FN2O2/c1-3-18-29(25(31)4-2)23-14-11-20(12-15-23)19-7-9-21(10-8-19)24(30)16-13-22-6-5-17-28-26(22)27/h5-12,14-15,17H,3-4,13,16,18H2,1-2H3. The first-order valence-electron chi connectivity index (χ1n) is 10.7. The highest BCUT2D eigenvalue weighted by Gasteiger charge is 2.13. The molecule has 3 aromatic rings. The molecular formula is C26H27FN2O2. The fourth-order valence-corrected chi connectivity index (χ4v) is 3.49. The molecule has 31 heavy (non-hydrogen) atoms. The Labute approximate surface area is 182 Å². The van der Waals surface area contributed by atoms with Gasteiger partial charge in [0.25, 0.3) is 0 Å². The minimum Gasteiger partial charge on any atom is -0.312 e. The number of carbonyl (C=O) groups is 2. The van der Waals surface area contributed by atoms with Gasteiger partial charge in [0.05, 0.1) is 0 Å². The van der Waals surface area contributed by atoms with E-state index < -0.39 is 5.95 Å². The minimum atomic E-state index is -0.521. The number of halogens is 1. The zero-order chi connectivity index (χ0) is 22.2. The van der Waals surface area contributed by atoms with Crippen LogP contribution in [0.15, 0.2) is 66.9 Å². The lowest BCUT2D eigenvalue weighted by Gasteiger charge is -2.22. The maximum Gasteiger partial charge on any atom is 0.226 e. The largest absolute Gasteiger partial charge is 0.312 e. The molecule has 0 bridgehead atoms. The van der Waals surface area contributed by atoms with Gasteiger partial charge in [-0.1, -0.05) is 56.3 Å². The highest BCUT2D eigenvalue weighted by molar-refractivity contribution is 5.96. The number of hydrogen-bond donors (Lipinski definition) is 0. The summed E-state index contributed by atoms with van der Waals surface area (Å²) in [5, 5.41) is 0. The lowest BCUT2D eigenvalue weighted by molar-refractivity contribution is -0.118. The van der Waals surface area contributed by atoms with Crippen molar-refractivity contribution in [2.45, 2.75) is 39.5 Å². The summed E-state index contributed by atoms with van der Waals surface area (Å²) in [6, 6.07) is 18.6. The average molecular weight is 419 g/mol. The van der Waals surface area contributed by atoms with Crippen molar-refractivity contribution in [2.24, 2.45) is 0 Å². The van der Waals surface area contributed by atoms with E-state index >= 15 is 0 Å². The topological polar surface area (TPSA) is 50.3 Å².